The molecule has 0 fully saturated rings. The Kier molecular flexibility index (Phi) is 6.50. The van der Waals surface area contributed by atoms with E-state index in [9.17, 15) is 9.59 Å². The Morgan fingerprint density at radius 2 is 1.43 bits per heavy atom. The molecule has 0 aromatic heterocycles. The second-order valence-corrected chi connectivity index (χ2v) is 7.42. The van der Waals surface area contributed by atoms with E-state index < -0.39 is 0 Å². The third-order valence-electron chi connectivity index (χ3n) is 4.34. The van der Waals surface area contributed by atoms with Gasteiger partial charge in [0.1, 0.15) is 0 Å². The molecule has 2 amide bonds. The van der Waals surface area contributed by atoms with Gasteiger partial charge >= 0.3 is 0 Å². The first kappa shape index (κ1) is 19.7. The van der Waals surface area contributed by atoms with Crippen LogP contribution in [0.5, 0.6) is 0 Å². The summed E-state index contributed by atoms with van der Waals surface area (Å²) >= 11 is 1.51. The summed E-state index contributed by atoms with van der Waals surface area (Å²) in [6.07, 6.45) is 0. The van der Waals surface area contributed by atoms with Gasteiger partial charge in [0.25, 0.3) is 5.91 Å². The molecule has 0 spiro atoms. The maximum Gasteiger partial charge on any atom is 0.255 e. The fourth-order valence-electron chi connectivity index (χ4n) is 2.74. The number of amides is 2. The third kappa shape index (κ3) is 5.02. The van der Waals surface area contributed by atoms with Gasteiger partial charge in [-0.25, -0.2) is 0 Å². The maximum atomic E-state index is 12.4. The van der Waals surface area contributed by atoms with Gasteiger partial charge in [0.15, 0.2) is 0 Å². The molecule has 0 aliphatic rings. The highest BCUT2D eigenvalue weighted by Gasteiger charge is 2.11. The number of carbonyl (C=O) groups is 2. The Bertz CT molecular complexity index is 987. The average molecular weight is 391 g/mol. The second kappa shape index (κ2) is 9.24. The highest BCUT2D eigenvalue weighted by molar-refractivity contribution is 8.00. The summed E-state index contributed by atoms with van der Waals surface area (Å²) < 4.78 is 0. The molecule has 3 rings (SSSR count). The monoisotopic (exact) mass is 390 g/mol. The Morgan fingerprint density at radius 3 is 2.14 bits per heavy atom. The van der Waals surface area contributed by atoms with Crippen LogP contribution in [-0.4, -0.2) is 17.6 Å². The van der Waals surface area contributed by atoms with Crippen LogP contribution in [0.4, 0.5) is 11.4 Å². The molecule has 3 aromatic carbocycles. The van der Waals surface area contributed by atoms with Crippen LogP contribution >= 0.6 is 11.8 Å². The van der Waals surface area contributed by atoms with Gasteiger partial charge in [-0.1, -0.05) is 42.5 Å². The molecule has 4 nitrogen and oxygen atoms in total. The molecule has 0 radical (unpaired) electrons. The molecule has 2 N–H and O–H groups in total. The topological polar surface area (TPSA) is 58.2 Å². The minimum Gasteiger partial charge on any atom is -0.325 e. The van der Waals surface area contributed by atoms with Crippen LogP contribution in [-0.2, 0) is 4.79 Å². The van der Waals surface area contributed by atoms with Crippen molar-refractivity contribution in [3.63, 3.8) is 0 Å². The SMILES string of the molecule is Cc1ccccc1SCC(=O)Nc1cccc(NC(=O)c2ccccc2)c1C. The first-order valence-corrected chi connectivity index (χ1v) is 9.97. The first-order valence-electron chi connectivity index (χ1n) is 8.99. The Labute approximate surface area is 169 Å². The molecule has 0 heterocycles. The van der Waals surface area contributed by atoms with E-state index in [0.29, 0.717) is 22.7 Å². The summed E-state index contributed by atoms with van der Waals surface area (Å²) in [4.78, 5) is 25.9. The molecule has 5 heteroatoms. The van der Waals surface area contributed by atoms with Gasteiger partial charge in [-0.15, -0.1) is 11.8 Å². The van der Waals surface area contributed by atoms with Crippen molar-refractivity contribution in [2.45, 2.75) is 18.7 Å². The van der Waals surface area contributed by atoms with E-state index in [1.54, 1.807) is 12.1 Å². The normalized spacial score (nSPS) is 10.4. The van der Waals surface area contributed by atoms with Gasteiger partial charge in [-0.3, -0.25) is 9.59 Å². The first-order chi connectivity index (χ1) is 13.5. The number of aryl methyl sites for hydroxylation is 1. The average Bonchev–Trinajstić information content (AvgIpc) is 2.71. The van der Waals surface area contributed by atoms with Crippen LogP contribution in [0.1, 0.15) is 21.5 Å². The van der Waals surface area contributed by atoms with Crippen LogP contribution in [0.3, 0.4) is 0 Å². The summed E-state index contributed by atoms with van der Waals surface area (Å²) in [6.45, 7) is 3.91. The third-order valence-corrected chi connectivity index (χ3v) is 5.52. The largest absolute Gasteiger partial charge is 0.325 e. The highest BCUT2D eigenvalue weighted by Crippen LogP contribution is 2.25. The molecule has 0 aliphatic carbocycles. The van der Waals surface area contributed by atoms with Crippen molar-refractivity contribution in [3.8, 4) is 0 Å². The van der Waals surface area contributed by atoms with Crippen molar-refractivity contribution in [2.75, 3.05) is 16.4 Å². The summed E-state index contributed by atoms with van der Waals surface area (Å²) in [5.74, 6) is 0.0652. The Hall–Kier alpha value is -3.05. The van der Waals surface area contributed by atoms with Gasteiger partial charge < -0.3 is 10.6 Å². The molecule has 0 bridgehead atoms. The number of rotatable bonds is 6. The lowest BCUT2D eigenvalue weighted by Crippen LogP contribution is -2.17. The smallest absolute Gasteiger partial charge is 0.255 e. The number of hydrogen-bond acceptors (Lipinski definition) is 3. The predicted octanol–water partition coefficient (Wildman–Crippen LogP) is 5.29. The predicted molar refractivity (Wildman–Crippen MR) is 116 cm³/mol. The van der Waals surface area contributed by atoms with Crippen molar-refractivity contribution >= 4 is 35.0 Å². The summed E-state index contributed by atoms with van der Waals surface area (Å²) in [6, 6.07) is 22.5. The van der Waals surface area contributed by atoms with Crippen LogP contribution in [0, 0.1) is 13.8 Å². The van der Waals surface area contributed by atoms with Gasteiger partial charge in [0.2, 0.25) is 5.91 Å². The number of carbonyl (C=O) groups excluding carboxylic acids is 2. The van der Waals surface area contributed by atoms with E-state index in [1.807, 2.05) is 74.5 Å². The minimum absolute atomic E-state index is 0.0807. The van der Waals surface area contributed by atoms with E-state index in [1.165, 1.54) is 11.8 Å². The van der Waals surface area contributed by atoms with Crippen LogP contribution in [0.25, 0.3) is 0 Å². The minimum atomic E-state index is -0.178. The number of nitrogens with one attached hydrogen (secondary N) is 2. The van der Waals surface area contributed by atoms with E-state index in [4.69, 9.17) is 0 Å². The number of hydrogen-bond donors (Lipinski definition) is 2. The van der Waals surface area contributed by atoms with E-state index in [-0.39, 0.29) is 11.8 Å². The fourth-order valence-corrected chi connectivity index (χ4v) is 3.57. The number of benzene rings is 3. The second-order valence-electron chi connectivity index (χ2n) is 6.40. The Balaban J connectivity index is 1.64. The van der Waals surface area contributed by atoms with E-state index in [0.717, 1.165) is 16.0 Å². The maximum absolute atomic E-state index is 12.4. The summed E-state index contributed by atoms with van der Waals surface area (Å²) in [5.41, 5.74) is 3.94. The standard InChI is InChI=1S/C23H22N2O2S/c1-16-9-6-7-14-21(16)28-15-22(26)24-19-12-8-13-20(17(19)2)25-23(27)18-10-4-3-5-11-18/h3-14H,15H2,1-2H3,(H,24,26)(H,25,27). The zero-order chi connectivity index (χ0) is 19.9. The molecule has 0 aliphatic heterocycles. The van der Waals surface area contributed by atoms with Gasteiger partial charge in [0, 0.05) is 21.8 Å². The quantitative estimate of drug-likeness (QED) is 0.563. The van der Waals surface area contributed by atoms with Crippen molar-refractivity contribution in [3.05, 3.63) is 89.5 Å². The molecule has 0 saturated carbocycles. The zero-order valence-electron chi connectivity index (χ0n) is 15.9. The lowest BCUT2D eigenvalue weighted by molar-refractivity contribution is -0.113. The zero-order valence-corrected chi connectivity index (χ0v) is 16.7. The summed E-state index contributed by atoms with van der Waals surface area (Å²) in [5, 5.41) is 5.85. The van der Waals surface area contributed by atoms with E-state index in [2.05, 4.69) is 10.6 Å². The Morgan fingerprint density at radius 1 is 0.786 bits per heavy atom. The summed E-state index contributed by atoms with van der Waals surface area (Å²) in [7, 11) is 0. The van der Waals surface area contributed by atoms with Crippen LogP contribution in [0.15, 0.2) is 77.7 Å². The van der Waals surface area contributed by atoms with Gasteiger partial charge in [0.05, 0.1) is 5.75 Å². The van der Waals surface area contributed by atoms with Gasteiger partial charge in [-0.2, -0.15) is 0 Å². The van der Waals surface area contributed by atoms with Crippen molar-refractivity contribution in [1.82, 2.24) is 0 Å². The molecular weight excluding hydrogens is 368 g/mol. The number of thioether (sulfide) groups is 1. The molecule has 0 atom stereocenters. The fraction of sp³-hybridized carbons (Fsp3) is 0.130. The molecule has 0 unspecified atom stereocenters. The molecule has 0 saturated heterocycles. The molecule has 3 aromatic rings. The van der Waals surface area contributed by atoms with Crippen molar-refractivity contribution < 1.29 is 9.59 Å². The van der Waals surface area contributed by atoms with Crippen molar-refractivity contribution in [1.29, 1.82) is 0 Å². The number of anilines is 2. The van der Waals surface area contributed by atoms with Gasteiger partial charge in [-0.05, 0) is 55.3 Å². The van der Waals surface area contributed by atoms with Crippen molar-refractivity contribution in [2.24, 2.45) is 0 Å². The lowest BCUT2D eigenvalue weighted by Gasteiger charge is -2.14. The van der Waals surface area contributed by atoms with Crippen LogP contribution < -0.4 is 10.6 Å². The molecule has 28 heavy (non-hydrogen) atoms. The highest BCUT2D eigenvalue weighted by atomic mass is 32.2. The molecule has 142 valence electrons. The van der Waals surface area contributed by atoms with E-state index >= 15 is 0 Å². The molecular formula is C23H22N2O2S. The lowest BCUT2D eigenvalue weighted by atomic mass is 10.1. The van der Waals surface area contributed by atoms with Crippen LogP contribution in [0.2, 0.25) is 0 Å².